The predicted octanol–water partition coefficient (Wildman–Crippen LogP) is 3.41. The topological polar surface area (TPSA) is 69.4 Å². The molecule has 0 bridgehead atoms. The molecule has 2 N–H and O–H groups in total. The molecule has 0 aromatic heterocycles. The smallest absolute Gasteiger partial charge is 0.311 e. The third kappa shape index (κ3) is 5.28. The van der Waals surface area contributed by atoms with E-state index in [9.17, 15) is 9.59 Å². The van der Waals surface area contributed by atoms with Gasteiger partial charge in [-0.2, -0.15) is 0 Å². The fourth-order valence-electron chi connectivity index (χ4n) is 2.14. The lowest BCUT2D eigenvalue weighted by Gasteiger charge is -2.08. The summed E-state index contributed by atoms with van der Waals surface area (Å²) in [6.07, 6.45) is 4.65. The molecule has 1 saturated heterocycles. The maximum Gasteiger partial charge on any atom is 0.311 e. The number of primary amides is 1. The zero-order valence-electron chi connectivity index (χ0n) is 11.7. The van der Waals surface area contributed by atoms with Gasteiger partial charge in [0.15, 0.2) is 0 Å². The number of unbranched alkanes of at least 4 members (excludes halogenated alkanes) is 1. The molecular weight excluding hydrogens is 306 g/mol. The van der Waals surface area contributed by atoms with Crippen LogP contribution < -0.4 is 10.5 Å². The van der Waals surface area contributed by atoms with E-state index in [4.69, 9.17) is 10.5 Å². The van der Waals surface area contributed by atoms with Gasteiger partial charge >= 0.3 is 5.97 Å². The third-order valence-corrected chi connectivity index (χ3v) is 6.27. The van der Waals surface area contributed by atoms with Crippen molar-refractivity contribution >= 4 is 33.5 Å². The summed E-state index contributed by atoms with van der Waals surface area (Å²) in [6.45, 7) is 0. The van der Waals surface area contributed by atoms with Gasteiger partial charge in [0, 0.05) is 17.4 Å². The summed E-state index contributed by atoms with van der Waals surface area (Å²) in [6, 6.07) is 6.54. The third-order valence-electron chi connectivity index (χ3n) is 3.26. The van der Waals surface area contributed by atoms with Crippen LogP contribution in [-0.4, -0.2) is 22.9 Å². The predicted molar refractivity (Wildman–Crippen MR) is 87.5 cm³/mol. The van der Waals surface area contributed by atoms with Crippen LogP contribution in [0.15, 0.2) is 24.3 Å². The van der Waals surface area contributed by atoms with E-state index in [1.165, 1.54) is 12.2 Å². The van der Waals surface area contributed by atoms with Crippen LogP contribution in [0.4, 0.5) is 0 Å². The Kier molecular flexibility index (Phi) is 6.45. The minimum atomic E-state index is -0.589. The van der Waals surface area contributed by atoms with Crippen LogP contribution in [-0.2, 0) is 4.79 Å². The highest BCUT2D eigenvalue weighted by molar-refractivity contribution is 8.77. The molecule has 6 heteroatoms. The van der Waals surface area contributed by atoms with E-state index in [1.807, 2.05) is 21.6 Å². The van der Waals surface area contributed by atoms with Crippen molar-refractivity contribution in [1.29, 1.82) is 0 Å². The quantitative estimate of drug-likeness (QED) is 0.360. The number of hydrogen-bond acceptors (Lipinski definition) is 5. The van der Waals surface area contributed by atoms with Gasteiger partial charge < -0.3 is 10.5 Å². The van der Waals surface area contributed by atoms with Crippen LogP contribution in [0, 0.1) is 0 Å². The monoisotopic (exact) mass is 325 g/mol. The fourth-order valence-corrected chi connectivity index (χ4v) is 5.17. The summed E-state index contributed by atoms with van der Waals surface area (Å²) in [7, 11) is 3.89. The number of amides is 1. The molecule has 21 heavy (non-hydrogen) atoms. The van der Waals surface area contributed by atoms with Gasteiger partial charge in [-0.25, -0.2) is 0 Å². The van der Waals surface area contributed by atoms with E-state index in [1.54, 1.807) is 24.3 Å². The van der Waals surface area contributed by atoms with Crippen LogP contribution in [0.3, 0.4) is 0 Å². The molecule has 0 radical (unpaired) electrons. The molecule has 0 spiro atoms. The van der Waals surface area contributed by atoms with Gasteiger partial charge in [-0.3, -0.25) is 9.59 Å². The summed E-state index contributed by atoms with van der Waals surface area (Å²) < 4.78 is 5.23. The van der Waals surface area contributed by atoms with Crippen LogP contribution in [0.5, 0.6) is 5.75 Å². The number of hydrogen-bond donors (Lipinski definition) is 1. The number of rotatable bonds is 7. The Balaban J connectivity index is 1.73. The SMILES string of the molecule is NC(=O)c1ccccc1OC(=O)CCCC[C@@H]1CCSS1. The van der Waals surface area contributed by atoms with E-state index in [-0.39, 0.29) is 17.3 Å². The van der Waals surface area contributed by atoms with Gasteiger partial charge in [0.1, 0.15) is 5.75 Å². The molecule has 114 valence electrons. The van der Waals surface area contributed by atoms with E-state index >= 15 is 0 Å². The molecule has 2 rings (SSSR count). The number of carbonyl (C=O) groups is 2. The lowest BCUT2D eigenvalue weighted by Crippen LogP contribution is -2.15. The molecule has 1 aromatic rings. The normalized spacial score (nSPS) is 17.6. The fraction of sp³-hybridized carbons (Fsp3) is 0.467. The zero-order valence-corrected chi connectivity index (χ0v) is 13.4. The number of ether oxygens (including phenoxy) is 1. The molecule has 1 aliphatic heterocycles. The number of nitrogens with two attached hydrogens (primary N) is 1. The summed E-state index contributed by atoms with van der Waals surface area (Å²) in [5.74, 6) is 0.588. The molecule has 0 aliphatic carbocycles. The Hall–Kier alpha value is -1.14. The average Bonchev–Trinajstić information content (AvgIpc) is 2.97. The Bertz CT molecular complexity index is 501. The van der Waals surface area contributed by atoms with Gasteiger partial charge in [0.25, 0.3) is 5.91 Å². The van der Waals surface area contributed by atoms with Crippen molar-refractivity contribution < 1.29 is 14.3 Å². The standard InChI is InChI=1S/C15H19NO3S2/c16-15(18)12-6-2-3-7-13(12)19-14(17)8-4-1-5-11-9-10-20-21-11/h2-3,6-7,11H,1,4-5,8-10H2,(H2,16,18)/t11-/m1/s1. The highest BCUT2D eigenvalue weighted by Gasteiger charge is 2.16. The summed E-state index contributed by atoms with van der Waals surface area (Å²) in [5.41, 5.74) is 5.49. The van der Waals surface area contributed by atoms with Crippen molar-refractivity contribution in [2.24, 2.45) is 5.73 Å². The number of esters is 1. The molecule has 1 fully saturated rings. The zero-order chi connectivity index (χ0) is 15.1. The van der Waals surface area contributed by atoms with E-state index in [2.05, 4.69) is 0 Å². The van der Waals surface area contributed by atoms with Crippen LogP contribution in [0.2, 0.25) is 0 Å². The summed E-state index contributed by atoms with van der Waals surface area (Å²) in [5, 5.41) is 0.738. The molecule has 1 heterocycles. The van der Waals surface area contributed by atoms with Crippen molar-refractivity contribution in [2.45, 2.75) is 37.4 Å². The van der Waals surface area contributed by atoms with Crippen molar-refractivity contribution in [3.8, 4) is 5.75 Å². The maximum atomic E-state index is 11.8. The molecule has 0 unspecified atom stereocenters. The lowest BCUT2D eigenvalue weighted by atomic mass is 10.1. The summed E-state index contributed by atoms with van der Waals surface area (Å²) in [4.78, 5) is 23.0. The first-order valence-electron chi connectivity index (χ1n) is 7.04. The second kappa shape index (κ2) is 8.34. The Labute approximate surface area is 132 Å². The first-order chi connectivity index (χ1) is 10.2. The van der Waals surface area contributed by atoms with Crippen molar-refractivity contribution in [3.05, 3.63) is 29.8 Å². The Morgan fingerprint density at radius 3 is 2.81 bits per heavy atom. The molecule has 1 atom stereocenters. The number of para-hydroxylation sites is 1. The molecular formula is C15H19NO3S2. The Morgan fingerprint density at radius 2 is 2.10 bits per heavy atom. The van der Waals surface area contributed by atoms with E-state index < -0.39 is 5.91 Å². The molecule has 1 aromatic carbocycles. The molecule has 1 amide bonds. The highest BCUT2D eigenvalue weighted by atomic mass is 33.1. The summed E-state index contributed by atoms with van der Waals surface area (Å²) >= 11 is 0. The second-order valence-electron chi connectivity index (χ2n) is 4.91. The number of carbonyl (C=O) groups excluding carboxylic acids is 2. The van der Waals surface area contributed by atoms with Gasteiger partial charge in [0.2, 0.25) is 0 Å². The van der Waals surface area contributed by atoms with Gasteiger partial charge in [-0.15, -0.1) is 0 Å². The maximum absolute atomic E-state index is 11.8. The van der Waals surface area contributed by atoms with Gasteiger partial charge in [-0.05, 0) is 31.4 Å². The number of benzene rings is 1. The second-order valence-corrected chi connectivity index (χ2v) is 7.70. The van der Waals surface area contributed by atoms with Crippen molar-refractivity contribution in [2.75, 3.05) is 5.75 Å². The van der Waals surface area contributed by atoms with Crippen LogP contribution in [0.1, 0.15) is 42.5 Å². The van der Waals surface area contributed by atoms with Gasteiger partial charge in [-0.1, -0.05) is 40.1 Å². The van der Waals surface area contributed by atoms with Crippen molar-refractivity contribution in [3.63, 3.8) is 0 Å². The molecule has 0 saturated carbocycles. The van der Waals surface area contributed by atoms with Gasteiger partial charge in [0.05, 0.1) is 5.56 Å². The van der Waals surface area contributed by atoms with E-state index in [0.717, 1.165) is 24.5 Å². The lowest BCUT2D eigenvalue weighted by molar-refractivity contribution is -0.134. The first kappa shape index (κ1) is 16.2. The highest BCUT2D eigenvalue weighted by Crippen LogP contribution is 2.39. The van der Waals surface area contributed by atoms with Crippen LogP contribution in [0.25, 0.3) is 0 Å². The Morgan fingerprint density at radius 1 is 1.29 bits per heavy atom. The first-order valence-corrected chi connectivity index (χ1v) is 9.43. The minimum absolute atomic E-state index is 0.241. The largest absolute Gasteiger partial charge is 0.426 e. The van der Waals surface area contributed by atoms with Crippen molar-refractivity contribution in [1.82, 2.24) is 0 Å². The van der Waals surface area contributed by atoms with Crippen LogP contribution >= 0.6 is 21.6 Å². The van der Waals surface area contributed by atoms with E-state index in [0.29, 0.717) is 6.42 Å². The average molecular weight is 325 g/mol. The molecule has 1 aliphatic rings. The molecule has 4 nitrogen and oxygen atoms in total. The minimum Gasteiger partial charge on any atom is -0.426 e.